The number of allylic oxidation sites excluding steroid dienone is 1. The molecule has 0 aromatic heterocycles. The van der Waals surface area contributed by atoms with Crippen molar-refractivity contribution in [1.82, 2.24) is 0 Å². The summed E-state index contributed by atoms with van der Waals surface area (Å²) in [7, 11) is -3.73. The molecule has 0 N–H and O–H groups in total. The predicted molar refractivity (Wildman–Crippen MR) is 85.0 cm³/mol. The van der Waals surface area contributed by atoms with Gasteiger partial charge in [0.1, 0.15) is 0 Å². The van der Waals surface area contributed by atoms with Gasteiger partial charge in [-0.1, -0.05) is 0 Å². The van der Waals surface area contributed by atoms with E-state index < -0.39 is 10.1 Å². The Kier molecular flexibility index (Phi) is 5.23. The molecule has 0 aliphatic carbocycles. The Morgan fingerprint density at radius 1 is 1.05 bits per heavy atom. The van der Waals surface area contributed by atoms with Crippen molar-refractivity contribution < 1.29 is 12.6 Å². The molecule has 0 unspecified atom stereocenters. The molecule has 3 nitrogen and oxygen atoms in total. The van der Waals surface area contributed by atoms with Crippen molar-refractivity contribution in [2.75, 3.05) is 0 Å². The van der Waals surface area contributed by atoms with Crippen LogP contribution in [0.1, 0.15) is 12.5 Å². The van der Waals surface area contributed by atoms with E-state index in [4.69, 9.17) is 4.18 Å². The Bertz CT molecular complexity index is 720. The van der Waals surface area contributed by atoms with E-state index in [1.165, 1.54) is 10.7 Å². The van der Waals surface area contributed by atoms with Crippen LogP contribution in [-0.4, -0.2) is 23.4 Å². The van der Waals surface area contributed by atoms with Crippen LogP contribution in [0.4, 0.5) is 0 Å². The third-order valence-electron chi connectivity index (χ3n) is 2.67. The quantitative estimate of drug-likeness (QED) is 0.464. The van der Waals surface area contributed by atoms with Gasteiger partial charge in [0.25, 0.3) is 0 Å². The number of hydrogen-bond donors (Lipinski definition) is 0. The molecule has 2 aromatic carbocycles. The summed E-state index contributed by atoms with van der Waals surface area (Å²) in [6, 6.07) is 16.5. The molecular weight excluding hydrogens is 351 g/mol. The predicted octanol–water partition coefficient (Wildman–Crippen LogP) is 2.59. The van der Waals surface area contributed by atoms with Gasteiger partial charge in [0.2, 0.25) is 0 Å². The molecule has 0 spiro atoms. The van der Waals surface area contributed by atoms with Crippen molar-refractivity contribution in [2.45, 2.75) is 18.7 Å². The van der Waals surface area contributed by atoms with Gasteiger partial charge in [0.15, 0.2) is 0 Å². The van der Waals surface area contributed by atoms with Crippen LogP contribution in [0.5, 0.6) is 0 Å². The van der Waals surface area contributed by atoms with Gasteiger partial charge >= 0.3 is 132 Å². The first kappa shape index (κ1) is 15.8. The summed E-state index contributed by atoms with van der Waals surface area (Å²) in [5.74, 6) is 0. The van der Waals surface area contributed by atoms with Gasteiger partial charge in [0, 0.05) is 0 Å². The summed E-state index contributed by atoms with van der Waals surface area (Å²) in [4.78, 5) is 0.171. The Labute approximate surface area is 131 Å². The molecule has 0 aliphatic heterocycles. The Morgan fingerprint density at radius 3 is 2.29 bits per heavy atom. The van der Waals surface area contributed by atoms with Crippen LogP contribution in [0.3, 0.4) is 0 Å². The van der Waals surface area contributed by atoms with Crippen molar-refractivity contribution in [3.8, 4) is 0 Å². The van der Waals surface area contributed by atoms with Crippen LogP contribution in [-0.2, 0) is 14.3 Å². The third kappa shape index (κ3) is 4.74. The SMILES string of the molecule is C/C(=C\OS(=O)(=O)c1ccc(C)cc1)[Se]c1ccccc1. The van der Waals surface area contributed by atoms with Crippen molar-refractivity contribution >= 4 is 29.5 Å². The molecule has 0 aliphatic rings. The minimum atomic E-state index is -3.73. The number of benzene rings is 2. The van der Waals surface area contributed by atoms with Gasteiger partial charge in [-0.25, -0.2) is 0 Å². The van der Waals surface area contributed by atoms with Crippen LogP contribution in [0.15, 0.2) is 70.2 Å². The first-order valence-corrected chi connectivity index (χ1v) is 9.49. The van der Waals surface area contributed by atoms with Crippen molar-refractivity contribution in [2.24, 2.45) is 0 Å². The summed E-state index contributed by atoms with van der Waals surface area (Å²) < 4.78 is 31.2. The molecule has 21 heavy (non-hydrogen) atoms. The first-order valence-electron chi connectivity index (χ1n) is 6.37. The molecule has 2 aromatic rings. The maximum absolute atomic E-state index is 12.0. The monoisotopic (exact) mass is 368 g/mol. The summed E-state index contributed by atoms with van der Waals surface area (Å²) in [6.07, 6.45) is 1.34. The van der Waals surface area contributed by atoms with Gasteiger partial charge in [-0.3, -0.25) is 0 Å². The summed E-state index contributed by atoms with van der Waals surface area (Å²) in [5, 5.41) is 0. The van der Waals surface area contributed by atoms with Gasteiger partial charge in [0.05, 0.1) is 0 Å². The van der Waals surface area contributed by atoms with Crippen LogP contribution >= 0.6 is 0 Å². The van der Waals surface area contributed by atoms with Crippen LogP contribution in [0, 0.1) is 6.92 Å². The van der Waals surface area contributed by atoms with E-state index in [0.717, 1.165) is 10.0 Å². The second-order valence-corrected chi connectivity index (χ2v) is 8.85. The third-order valence-corrected chi connectivity index (χ3v) is 5.81. The first-order chi connectivity index (χ1) is 9.97. The molecule has 0 amide bonds. The number of rotatable bonds is 5. The second-order valence-electron chi connectivity index (χ2n) is 4.51. The van der Waals surface area contributed by atoms with E-state index >= 15 is 0 Å². The molecule has 0 fully saturated rings. The van der Waals surface area contributed by atoms with E-state index in [-0.39, 0.29) is 19.9 Å². The maximum atomic E-state index is 12.0. The molecular formula is C16H16O3SSe. The molecule has 2 rings (SSSR count). The second kappa shape index (κ2) is 6.94. The molecule has 0 saturated heterocycles. The van der Waals surface area contributed by atoms with E-state index in [0.29, 0.717) is 0 Å². The standard InChI is InChI=1S/C16H16O3SSe/c1-13-8-10-15(11-9-13)20(17,18)19-12-14(2)21-16-6-4-3-5-7-16/h3-12H,1-2H3/b14-12+. The molecule has 0 bridgehead atoms. The molecule has 110 valence electrons. The molecule has 5 heteroatoms. The zero-order valence-electron chi connectivity index (χ0n) is 11.8. The summed E-state index contributed by atoms with van der Waals surface area (Å²) in [6.45, 7) is 3.78. The summed E-state index contributed by atoms with van der Waals surface area (Å²) >= 11 is 0.0596. The zero-order valence-corrected chi connectivity index (χ0v) is 14.3. The van der Waals surface area contributed by atoms with Gasteiger partial charge < -0.3 is 0 Å². The van der Waals surface area contributed by atoms with Gasteiger partial charge in [-0.2, -0.15) is 0 Å². The fourth-order valence-corrected chi connectivity index (χ4v) is 4.18. The van der Waals surface area contributed by atoms with Crippen molar-refractivity contribution in [3.63, 3.8) is 0 Å². The average Bonchev–Trinajstić information content (AvgIpc) is 2.47. The van der Waals surface area contributed by atoms with Crippen LogP contribution in [0.2, 0.25) is 0 Å². The van der Waals surface area contributed by atoms with Crippen molar-refractivity contribution in [3.05, 3.63) is 70.9 Å². The minimum absolute atomic E-state index is 0.0596. The summed E-state index contributed by atoms with van der Waals surface area (Å²) in [5.41, 5.74) is 1.01. The fraction of sp³-hybridized carbons (Fsp3) is 0.125. The Balaban J connectivity index is 2.06. The van der Waals surface area contributed by atoms with E-state index in [9.17, 15) is 8.42 Å². The molecule has 0 atom stereocenters. The normalized spacial score (nSPS) is 12.2. The molecule has 0 heterocycles. The number of aryl methyl sites for hydroxylation is 1. The van der Waals surface area contributed by atoms with Gasteiger partial charge in [-0.05, 0) is 0 Å². The number of hydrogen-bond acceptors (Lipinski definition) is 3. The van der Waals surface area contributed by atoms with Crippen LogP contribution < -0.4 is 4.46 Å². The zero-order chi connectivity index (χ0) is 15.3. The Hall–Kier alpha value is -1.55. The van der Waals surface area contributed by atoms with E-state index in [1.807, 2.05) is 44.2 Å². The topological polar surface area (TPSA) is 43.4 Å². The van der Waals surface area contributed by atoms with E-state index in [2.05, 4.69) is 0 Å². The molecule has 0 radical (unpaired) electrons. The van der Waals surface area contributed by atoms with E-state index in [1.54, 1.807) is 24.3 Å². The molecule has 0 saturated carbocycles. The fourth-order valence-electron chi connectivity index (χ4n) is 1.59. The van der Waals surface area contributed by atoms with Crippen LogP contribution in [0.25, 0.3) is 0 Å². The Morgan fingerprint density at radius 2 is 1.67 bits per heavy atom. The van der Waals surface area contributed by atoms with Gasteiger partial charge in [-0.15, -0.1) is 0 Å². The average molecular weight is 367 g/mol. The van der Waals surface area contributed by atoms with Crippen molar-refractivity contribution in [1.29, 1.82) is 0 Å².